The summed E-state index contributed by atoms with van der Waals surface area (Å²) in [7, 11) is 0. The largest absolute Gasteiger partial charge is 0.455 e. The van der Waals surface area contributed by atoms with Crippen LogP contribution in [0.2, 0.25) is 0 Å². The molecule has 1 aliphatic carbocycles. The monoisotopic (exact) mass is 897 g/mol. The van der Waals surface area contributed by atoms with E-state index in [2.05, 4.69) is 224 Å². The van der Waals surface area contributed by atoms with E-state index in [-0.39, 0.29) is 0 Å². The van der Waals surface area contributed by atoms with Gasteiger partial charge in [-0.1, -0.05) is 200 Å². The van der Waals surface area contributed by atoms with Crippen LogP contribution in [-0.4, -0.2) is 15.0 Å². The fourth-order valence-electron chi connectivity index (χ4n) is 11.0. The first kappa shape index (κ1) is 39.4. The molecular weight excluding hydrogens is 859 g/mol. The highest BCUT2D eigenvalue weighted by Gasteiger charge is 2.47. The van der Waals surface area contributed by atoms with Crippen LogP contribution in [0.4, 0.5) is 0 Å². The molecule has 1 aliphatic rings. The van der Waals surface area contributed by atoms with Crippen molar-refractivity contribution < 1.29 is 4.42 Å². The topological polar surface area (TPSA) is 51.8 Å². The van der Waals surface area contributed by atoms with Crippen LogP contribution in [0, 0.1) is 0 Å². The van der Waals surface area contributed by atoms with Gasteiger partial charge in [0.05, 0.1) is 5.41 Å². The molecule has 3 aromatic heterocycles. The average molecular weight is 898 g/mol. The van der Waals surface area contributed by atoms with Crippen molar-refractivity contribution in [1.29, 1.82) is 0 Å². The summed E-state index contributed by atoms with van der Waals surface area (Å²) in [6.45, 7) is 0. The van der Waals surface area contributed by atoms with E-state index in [1.54, 1.807) is 11.3 Å². The predicted molar refractivity (Wildman–Crippen MR) is 284 cm³/mol. The zero-order chi connectivity index (χ0) is 45.5. The number of nitrogens with zero attached hydrogens (tertiary/aromatic N) is 3. The van der Waals surface area contributed by atoms with Crippen LogP contribution < -0.4 is 0 Å². The molecule has 3 heterocycles. The summed E-state index contributed by atoms with van der Waals surface area (Å²) >= 11 is 1.78. The zero-order valence-corrected chi connectivity index (χ0v) is 38.0. The predicted octanol–water partition coefficient (Wildman–Crippen LogP) is 16.8. The normalized spacial score (nSPS) is 12.8. The van der Waals surface area contributed by atoms with Gasteiger partial charge in [0.1, 0.15) is 11.2 Å². The molecule has 0 N–H and O–H groups in total. The Morgan fingerprint density at radius 1 is 0.348 bits per heavy atom. The molecule has 0 unspecified atom stereocenters. The maximum absolute atomic E-state index is 6.66. The van der Waals surface area contributed by atoms with Gasteiger partial charge >= 0.3 is 0 Å². The standard InChI is InChI=1S/C64H39N3OS/c1-4-19-40(20-5-1)41-37-42(46-28-16-29-49-47-25-11-14-35-56(47)68-59(46)49)39-43(38-41)61-65-62(67-63(66-61)53-32-17-30-50-48-26-12-15-36-57(48)69-60(50)53)52-31-18-34-55-58(52)51-27-10-13-33-54(51)64(55,44-21-6-2-7-22-44)45-23-8-3-9-24-45/h1-39H. The molecule has 10 aromatic carbocycles. The molecule has 0 spiro atoms. The first-order valence-electron chi connectivity index (χ1n) is 23.3. The molecule has 5 heteroatoms. The van der Waals surface area contributed by atoms with E-state index in [0.717, 1.165) is 71.1 Å². The number of hydrogen-bond acceptors (Lipinski definition) is 5. The molecule has 0 bridgehead atoms. The molecule has 0 saturated heterocycles. The number of hydrogen-bond donors (Lipinski definition) is 0. The van der Waals surface area contributed by atoms with Gasteiger partial charge in [-0.15, -0.1) is 11.3 Å². The maximum atomic E-state index is 6.66. The number of benzene rings is 10. The van der Waals surface area contributed by atoms with Crippen LogP contribution in [0.1, 0.15) is 22.3 Å². The molecule has 0 fully saturated rings. The summed E-state index contributed by atoms with van der Waals surface area (Å²) in [4.78, 5) is 16.7. The van der Waals surface area contributed by atoms with E-state index in [1.165, 1.54) is 43.3 Å². The lowest BCUT2D eigenvalue weighted by atomic mass is 9.67. The van der Waals surface area contributed by atoms with E-state index < -0.39 is 5.41 Å². The van der Waals surface area contributed by atoms with Crippen molar-refractivity contribution in [1.82, 2.24) is 15.0 Å². The Hall–Kier alpha value is -8.77. The summed E-state index contributed by atoms with van der Waals surface area (Å²) in [5.41, 5.74) is 15.2. The molecule has 0 aliphatic heterocycles. The lowest BCUT2D eigenvalue weighted by Crippen LogP contribution is -2.28. The van der Waals surface area contributed by atoms with Crippen molar-refractivity contribution in [3.8, 4) is 67.5 Å². The Morgan fingerprint density at radius 2 is 0.884 bits per heavy atom. The van der Waals surface area contributed by atoms with Crippen molar-refractivity contribution in [3.63, 3.8) is 0 Å². The highest BCUT2D eigenvalue weighted by atomic mass is 32.1. The Bertz CT molecular complexity index is 4100. The van der Waals surface area contributed by atoms with Crippen LogP contribution in [0.15, 0.2) is 241 Å². The van der Waals surface area contributed by atoms with Crippen LogP contribution >= 0.6 is 11.3 Å². The summed E-state index contributed by atoms with van der Waals surface area (Å²) < 4.78 is 9.03. The first-order chi connectivity index (χ1) is 34.2. The number of aromatic nitrogens is 3. The van der Waals surface area contributed by atoms with Crippen molar-refractivity contribution in [2.24, 2.45) is 0 Å². The third-order valence-corrected chi connectivity index (χ3v) is 15.2. The molecule has 0 radical (unpaired) electrons. The van der Waals surface area contributed by atoms with E-state index in [0.29, 0.717) is 17.5 Å². The smallest absolute Gasteiger partial charge is 0.165 e. The lowest BCUT2D eigenvalue weighted by molar-refractivity contribution is 0.670. The second-order valence-electron chi connectivity index (χ2n) is 17.8. The summed E-state index contributed by atoms with van der Waals surface area (Å²) in [5, 5.41) is 4.59. The van der Waals surface area contributed by atoms with Gasteiger partial charge in [-0.3, -0.25) is 0 Å². The lowest BCUT2D eigenvalue weighted by Gasteiger charge is -2.33. The summed E-state index contributed by atoms with van der Waals surface area (Å²) in [6.07, 6.45) is 0. The highest BCUT2D eigenvalue weighted by Crippen LogP contribution is 2.58. The third kappa shape index (κ3) is 6.11. The molecule has 69 heavy (non-hydrogen) atoms. The third-order valence-electron chi connectivity index (χ3n) is 14.0. The molecule has 13 aromatic rings. The summed E-state index contributed by atoms with van der Waals surface area (Å²) in [6, 6.07) is 84.5. The number of thiophene rings is 1. The number of rotatable bonds is 7. The minimum absolute atomic E-state index is 0.581. The Morgan fingerprint density at radius 3 is 1.68 bits per heavy atom. The summed E-state index contributed by atoms with van der Waals surface area (Å²) in [5.74, 6) is 1.83. The Balaban J connectivity index is 1.06. The van der Waals surface area contributed by atoms with Crippen LogP contribution in [-0.2, 0) is 5.41 Å². The second-order valence-corrected chi connectivity index (χ2v) is 18.8. The second kappa shape index (κ2) is 15.7. The van der Waals surface area contributed by atoms with Gasteiger partial charge < -0.3 is 4.42 Å². The SMILES string of the molecule is c1ccc(-c2cc(-c3nc(-c4cccc5c4-c4ccccc4C5(c4ccccc4)c4ccccc4)nc(-c4cccc5c4sc4ccccc45)n3)cc(-c3cccc4c3oc3ccccc34)c2)cc1. The van der Waals surface area contributed by atoms with Gasteiger partial charge in [-0.2, -0.15) is 0 Å². The van der Waals surface area contributed by atoms with Crippen LogP contribution in [0.5, 0.6) is 0 Å². The Kier molecular flexibility index (Phi) is 8.95. The van der Waals surface area contributed by atoms with Crippen molar-refractivity contribution in [2.75, 3.05) is 0 Å². The Labute approximate surface area is 402 Å². The number of furan rings is 1. The molecule has 322 valence electrons. The van der Waals surface area contributed by atoms with E-state index in [4.69, 9.17) is 19.4 Å². The zero-order valence-electron chi connectivity index (χ0n) is 37.2. The van der Waals surface area contributed by atoms with Crippen molar-refractivity contribution in [3.05, 3.63) is 259 Å². The molecule has 0 saturated carbocycles. The quantitative estimate of drug-likeness (QED) is 0.160. The van der Waals surface area contributed by atoms with Crippen molar-refractivity contribution >= 4 is 53.4 Å². The van der Waals surface area contributed by atoms with Gasteiger partial charge in [-0.05, 0) is 86.5 Å². The van der Waals surface area contributed by atoms with E-state index in [9.17, 15) is 0 Å². The molecular formula is C64H39N3OS. The fraction of sp³-hybridized carbons (Fsp3) is 0.0156. The molecule has 14 rings (SSSR count). The van der Waals surface area contributed by atoms with Crippen LogP contribution in [0.3, 0.4) is 0 Å². The maximum Gasteiger partial charge on any atom is 0.165 e. The number of fused-ring (bicyclic) bond motifs is 9. The van der Waals surface area contributed by atoms with Crippen molar-refractivity contribution in [2.45, 2.75) is 5.41 Å². The van der Waals surface area contributed by atoms with Gasteiger partial charge in [0, 0.05) is 53.2 Å². The van der Waals surface area contributed by atoms with Gasteiger partial charge in [-0.25, -0.2) is 15.0 Å². The minimum Gasteiger partial charge on any atom is -0.455 e. The van der Waals surface area contributed by atoms with Crippen LogP contribution in [0.25, 0.3) is 110 Å². The molecule has 4 nitrogen and oxygen atoms in total. The van der Waals surface area contributed by atoms with Gasteiger partial charge in [0.15, 0.2) is 17.5 Å². The number of para-hydroxylation sites is 2. The molecule has 0 amide bonds. The average Bonchev–Trinajstić information content (AvgIpc) is 4.10. The molecule has 0 atom stereocenters. The minimum atomic E-state index is -0.581. The van der Waals surface area contributed by atoms with Gasteiger partial charge in [0.25, 0.3) is 0 Å². The van der Waals surface area contributed by atoms with E-state index >= 15 is 0 Å². The fourth-order valence-corrected chi connectivity index (χ4v) is 12.2. The van der Waals surface area contributed by atoms with E-state index in [1.807, 2.05) is 12.1 Å². The van der Waals surface area contributed by atoms with Gasteiger partial charge in [0.2, 0.25) is 0 Å². The highest BCUT2D eigenvalue weighted by molar-refractivity contribution is 7.26. The first-order valence-corrected chi connectivity index (χ1v) is 24.2.